The first kappa shape index (κ1) is 18.3. The number of carbonyl (C=O) groups excluding carboxylic acids is 1. The summed E-state index contributed by atoms with van der Waals surface area (Å²) in [6, 6.07) is 19.2. The first-order valence-electron chi connectivity index (χ1n) is 9.49. The molecule has 0 fully saturated rings. The van der Waals surface area contributed by atoms with E-state index < -0.39 is 0 Å². The Morgan fingerprint density at radius 1 is 1.13 bits per heavy atom. The van der Waals surface area contributed by atoms with Gasteiger partial charge in [-0.3, -0.25) is 9.48 Å². The highest BCUT2D eigenvalue weighted by Crippen LogP contribution is 2.31. The third-order valence-corrected chi connectivity index (χ3v) is 5.76. The predicted octanol–water partition coefficient (Wildman–Crippen LogP) is 5.36. The lowest BCUT2D eigenvalue weighted by Crippen LogP contribution is -2.10. The van der Waals surface area contributed by atoms with E-state index in [0.717, 1.165) is 16.1 Å². The summed E-state index contributed by atoms with van der Waals surface area (Å²) in [4.78, 5) is 17.2. The molecular weight excluding hydrogens is 396 g/mol. The monoisotopic (exact) mass is 414 g/mol. The smallest absolute Gasteiger partial charge is 0.291 e. The fourth-order valence-corrected chi connectivity index (χ4v) is 4.25. The maximum Gasteiger partial charge on any atom is 0.291 e. The Morgan fingerprint density at radius 2 is 2.00 bits per heavy atom. The average Bonchev–Trinajstić information content (AvgIpc) is 3.49. The van der Waals surface area contributed by atoms with Gasteiger partial charge in [0.15, 0.2) is 5.76 Å². The molecule has 0 atom stereocenters. The highest BCUT2D eigenvalue weighted by Gasteiger charge is 2.13. The molecule has 0 unspecified atom stereocenters. The van der Waals surface area contributed by atoms with E-state index >= 15 is 0 Å². The summed E-state index contributed by atoms with van der Waals surface area (Å²) >= 11 is 1.66. The molecule has 2 aromatic carbocycles. The average molecular weight is 414 g/mol. The second-order valence-electron chi connectivity index (χ2n) is 6.99. The zero-order valence-corrected chi connectivity index (χ0v) is 17.0. The van der Waals surface area contributed by atoms with Crippen LogP contribution in [-0.4, -0.2) is 20.7 Å². The molecular formula is C23H18N4O2S. The Balaban J connectivity index is 1.28. The maximum atomic E-state index is 12.5. The number of amides is 1. The van der Waals surface area contributed by atoms with Gasteiger partial charge >= 0.3 is 0 Å². The molecule has 5 rings (SSSR count). The lowest BCUT2D eigenvalue weighted by Gasteiger charge is -2.04. The summed E-state index contributed by atoms with van der Waals surface area (Å²) in [7, 11) is 0. The highest BCUT2D eigenvalue weighted by molar-refractivity contribution is 7.21. The van der Waals surface area contributed by atoms with E-state index in [1.54, 1.807) is 34.3 Å². The number of fused-ring (bicyclic) bond motifs is 1. The minimum Gasteiger partial charge on any atom is -0.454 e. The number of aromatic nitrogens is 3. The zero-order chi connectivity index (χ0) is 20.5. The van der Waals surface area contributed by atoms with Gasteiger partial charge in [0.2, 0.25) is 0 Å². The maximum absolute atomic E-state index is 12.5. The Hall–Kier alpha value is -3.71. The summed E-state index contributed by atoms with van der Waals surface area (Å²) in [6.45, 7) is 2.56. The molecule has 0 bridgehead atoms. The van der Waals surface area contributed by atoms with Crippen molar-refractivity contribution in [2.75, 3.05) is 5.32 Å². The number of furan rings is 1. The molecule has 30 heavy (non-hydrogen) atoms. The molecule has 0 radical (unpaired) electrons. The van der Waals surface area contributed by atoms with Crippen molar-refractivity contribution in [3.8, 4) is 10.6 Å². The summed E-state index contributed by atoms with van der Waals surface area (Å²) < 4.78 is 8.56. The molecule has 3 heterocycles. The predicted molar refractivity (Wildman–Crippen MR) is 118 cm³/mol. The molecule has 0 aliphatic carbocycles. The fraction of sp³-hybridized carbons (Fsp3) is 0.0870. The van der Waals surface area contributed by atoms with Gasteiger partial charge in [0.25, 0.3) is 5.91 Å². The molecule has 5 aromatic rings. The summed E-state index contributed by atoms with van der Waals surface area (Å²) in [5.41, 5.74) is 3.94. The van der Waals surface area contributed by atoms with E-state index in [2.05, 4.69) is 29.5 Å². The van der Waals surface area contributed by atoms with Crippen molar-refractivity contribution in [1.82, 2.24) is 14.8 Å². The van der Waals surface area contributed by atoms with Crippen LogP contribution in [0.4, 0.5) is 5.69 Å². The van der Waals surface area contributed by atoms with Gasteiger partial charge in [-0.1, -0.05) is 6.07 Å². The summed E-state index contributed by atoms with van der Waals surface area (Å²) in [5.74, 6) is 0.651. The van der Waals surface area contributed by atoms with Crippen molar-refractivity contribution in [3.63, 3.8) is 0 Å². The molecule has 0 aliphatic rings. The van der Waals surface area contributed by atoms with Crippen molar-refractivity contribution in [2.45, 2.75) is 13.5 Å². The number of nitrogens with zero attached hydrogens (tertiary/aromatic N) is 3. The van der Waals surface area contributed by atoms with Crippen molar-refractivity contribution in [2.24, 2.45) is 0 Å². The third-order valence-electron chi connectivity index (χ3n) is 4.70. The molecule has 148 valence electrons. The Bertz CT molecular complexity index is 1320. The van der Waals surface area contributed by atoms with Crippen molar-refractivity contribution in [3.05, 3.63) is 90.1 Å². The van der Waals surface area contributed by atoms with E-state index in [1.165, 1.54) is 10.3 Å². The van der Waals surface area contributed by atoms with Crippen LogP contribution in [0.1, 0.15) is 21.9 Å². The van der Waals surface area contributed by atoms with Gasteiger partial charge < -0.3 is 9.73 Å². The second kappa shape index (κ2) is 7.61. The normalized spacial score (nSPS) is 11.1. The van der Waals surface area contributed by atoms with Crippen LogP contribution in [0.5, 0.6) is 0 Å². The SMILES string of the molecule is Cc1ccc2nc(-c3ccc(NC(=O)c4ccc(Cn5cccn5)o4)cc3)sc2c1. The van der Waals surface area contributed by atoms with Gasteiger partial charge in [0.1, 0.15) is 10.8 Å². The van der Waals surface area contributed by atoms with Crippen LogP contribution >= 0.6 is 11.3 Å². The minimum absolute atomic E-state index is 0.266. The lowest BCUT2D eigenvalue weighted by molar-refractivity contribution is 0.0994. The fourth-order valence-electron chi connectivity index (χ4n) is 3.18. The number of rotatable bonds is 5. The van der Waals surface area contributed by atoms with Crippen LogP contribution in [-0.2, 0) is 6.54 Å². The van der Waals surface area contributed by atoms with E-state index in [1.807, 2.05) is 42.6 Å². The number of anilines is 1. The summed E-state index contributed by atoms with van der Waals surface area (Å²) in [6.07, 6.45) is 3.55. The van der Waals surface area contributed by atoms with Crippen molar-refractivity contribution < 1.29 is 9.21 Å². The van der Waals surface area contributed by atoms with Crippen molar-refractivity contribution in [1.29, 1.82) is 0 Å². The van der Waals surface area contributed by atoms with Crippen LogP contribution in [0.3, 0.4) is 0 Å². The zero-order valence-electron chi connectivity index (χ0n) is 16.2. The van der Waals surface area contributed by atoms with Gasteiger partial charge in [-0.2, -0.15) is 5.10 Å². The molecule has 0 spiro atoms. The van der Waals surface area contributed by atoms with Gasteiger partial charge in [0.05, 0.1) is 16.8 Å². The van der Waals surface area contributed by atoms with E-state index in [0.29, 0.717) is 18.0 Å². The molecule has 3 aromatic heterocycles. The first-order chi connectivity index (χ1) is 14.6. The molecule has 1 amide bonds. The minimum atomic E-state index is -0.287. The largest absolute Gasteiger partial charge is 0.454 e. The van der Waals surface area contributed by atoms with Crippen LogP contribution < -0.4 is 5.32 Å². The topological polar surface area (TPSA) is 73.0 Å². The van der Waals surface area contributed by atoms with E-state index in [-0.39, 0.29) is 11.7 Å². The van der Waals surface area contributed by atoms with Crippen LogP contribution in [0.15, 0.2) is 77.5 Å². The summed E-state index contributed by atoms with van der Waals surface area (Å²) in [5, 5.41) is 7.97. The Kier molecular flexibility index (Phi) is 4.65. The van der Waals surface area contributed by atoms with Crippen LogP contribution in [0.2, 0.25) is 0 Å². The number of thiazole rings is 1. The Labute approximate surface area is 176 Å². The molecule has 6 nitrogen and oxygen atoms in total. The van der Waals surface area contributed by atoms with Gasteiger partial charge in [-0.25, -0.2) is 4.98 Å². The second-order valence-corrected chi connectivity index (χ2v) is 8.02. The number of carbonyl (C=O) groups is 1. The van der Waals surface area contributed by atoms with E-state index in [4.69, 9.17) is 9.40 Å². The first-order valence-corrected chi connectivity index (χ1v) is 10.3. The van der Waals surface area contributed by atoms with Crippen molar-refractivity contribution >= 4 is 33.1 Å². The highest BCUT2D eigenvalue weighted by atomic mass is 32.1. The number of aryl methyl sites for hydroxylation is 1. The van der Waals surface area contributed by atoms with Crippen LogP contribution in [0, 0.1) is 6.92 Å². The number of hydrogen-bond acceptors (Lipinski definition) is 5. The van der Waals surface area contributed by atoms with E-state index in [9.17, 15) is 4.79 Å². The molecule has 7 heteroatoms. The number of benzene rings is 2. The lowest BCUT2D eigenvalue weighted by atomic mass is 10.2. The standard InChI is InChI=1S/C23H18N4O2S/c1-15-3-9-19-21(13-15)30-23(26-19)16-4-6-17(7-5-16)25-22(28)20-10-8-18(29-20)14-27-12-2-11-24-27/h2-13H,14H2,1H3,(H,25,28). The van der Waals surface area contributed by atoms with Gasteiger partial charge in [-0.05, 0) is 67.1 Å². The third kappa shape index (κ3) is 3.75. The number of hydrogen-bond donors (Lipinski definition) is 1. The Morgan fingerprint density at radius 3 is 2.80 bits per heavy atom. The number of nitrogens with one attached hydrogen (secondary N) is 1. The van der Waals surface area contributed by atoms with Gasteiger partial charge in [0, 0.05) is 23.6 Å². The van der Waals surface area contributed by atoms with Gasteiger partial charge in [-0.15, -0.1) is 11.3 Å². The quantitative estimate of drug-likeness (QED) is 0.420. The van der Waals surface area contributed by atoms with Crippen LogP contribution in [0.25, 0.3) is 20.8 Å². The molecule has 0 aliphatic heterocycles. The molecule has 1 N–H and O–H groups in total. The molecule has 0 saturated carbocycles. The molecule has 0 saturated heterocycles.